The highest BCUT2D eigenvalue weighted by atomic mass is 32.2. The third kappa shape index (κ3) is 2.67. The predicted molar refractivity (Wildman–Crippen MR) is 80.6 cm³/mol. The standard InChI is InChI=1S/C14H15NO3S2/c1-10(16)13-9-11(20(17,18)15(2)3)6-7-12(13)14-5-4-8-19-14/h4-9H,1-3H3. The number of rotatable bonds is 4. The average Bonchev–Trinajstić information content (AvgIpc) is 2.91. The van der Waals surface area contributed by atoms with Crippen LogP contribution in [0.15, 0.2) is 40.6 Å². The van der Waals surface area contributed by atoms with Crippen LogP contribution in [0.3, 0.4) is 0 Å². The monoisotopic (exact) mass is 309 g/mol. The van der Waals surface area contributed by atoms with Gasteiger partial charge in [-0.2, -0.15) is 0 Å². The predicted octanol–water partition coefficient (Wildman–Crippen LogP) is 2.87. The van der Waals surface area contributed by atoms with Gasteiger partial charge in [-0.25, -0.2) is 12.7 Å². The summed E-state index contributed by atoms with van der Waals surface area (Å²) < 4.78 is 25.4. The van der Waals surface area contributed by atoms with Gasteiger partial charge < -0.3 is 0 Å². The molecule has 1 aromatic heterocycles. The molecule has 0 aliphatic heterocycles. The Morgan fingerprint density at radius 3 is 2.40 bits per heavy atom. The Hall–Kier alpha value is -1.50. The van der Waals surface area contributed by atoms with Crippen LogP contribution in [0.5, 0.6) is 0 Å². The van der Waals surface area contributed by atoms with Crippen LogP contribution in [0.1, 0.15) is 17.3 Å². The van der Waals surface area contributed by atoms with Gasteiger partial charge in [-0.3, -0.25) is 4.79 Å². The zero-order chi connectivity index (χ0) is 14.9. The van der Waals surface area contributed by atoms with Crippen LogP contribution in [0.4, 0.5) is 0 Å². The average molecular weight is 309 g/mol. The van der Waals surface area contributed by atoms with E-state index in [0.717, 1.165) is 14.7 Å². The highest BCUT2D eigenvalue weighted by molar-refractivity contribution is 7.89. The number of sulfonamides is 1. The summed E-state index contributed by atoms with van der Waals surface area (Å²) >= 11 is 1.52. The molecule has 2 aromatic rings. The van der Waals surface area contributed by atoms with Crippen LogP contribution in [0, 0.1) is 0 Å². The molecule has 6 heteroatoms. The number of carbonyl (C=O) groups excluding carboxylic acids is 1. The lowest BCUT2D eigenvalue weighted by molar-refractivity contribution is 0.101. The maximum atomic E-state index is 12.1. The minimum atomic E-state index is -3.53. The third-order valence-corrected chi connectivity index (χ3v) is 5.65. The first-order chi connectivity index (χ1) is 9.34. The fraction of sp³-hybridized carbons (Fsp3) is 0.214. The van der Waals surface area contributed by atoms with E-state index in [4.69, 9.17) is 0 Å². The second-order valence-corrected chi connectivity index (χ2v) is 7.63. The first-order valence-electron chi connectivity index (χ1n) is 5.95. The zero-order valence-electron chi connectivity index (χ0n) is 11.5. The van der Waals surface area contributed by atoms with Crippen molar-refractivity contribution in [2.45, 2.75) is 11.8 Å². The molecule has 0 saturated heterocycles. The number of hydrogen-bond donors (Lipinski definition) is 0. The lowest BCUT2D eigenvalue weighted by Gasteiger charge is -2.13. The molecule has 0 spiro atoms. The van der Waals surface area contributed by atoms with E-state index in [9.17, 15) is 13.2 Å². The second kappa shape index (κ2) is 5.47. The molecular formula is C14H15NO3S2. The highest BCUT2D eigenvalue weighted by Crippen LogP contribution is 2.30. The molecule has 0 saturated carbocycles. The Balaban J connectivity index is 2.64. The first kappa shape index (κ1) is 14.9. The molecule has 0 unspecified atom stereocenters. The summed E-state index contributed by atoms with van der Waals surface area (Å²) in [5.74, 6) is -0.149. The largest absolute Gasteiger partial charge is 0.294 e. The summed E-state index contributed by atoms with van der Waals surface area (Å²) in [7, 11) is -0.598. The van der Waals surface area contributed by atoms with Crippen LogP contribution in [0.2, 0.25) is 0 Å². The van der Waals surface area contributed by atoms with Crippen molar-refractivity contribution in [1.29, 1.82) is 0 Å². The van der Waals surface area contributed by atoms with Crippen molar-refractivity contribution in [3.8, 4) is 10.4 Å². The smallest absolute Gasteiger partial charge is 0.242 e. The van der Waals surface area contributed by atoms with Gasteiger partial charge >= 0.3 is 0 Å². The number of Topliss-reactive ketones (excluding diaryl/α,β-unsaturated/α-hetero) is 1. The van der Waals surface area contributed by atoms with Crippen LogP contribution < -0.4 is 0 Å². The molecule has 20 heavy (non-hydrogen) atoms. The van der Waals surface area contributed by atoms with E-state index < -0.39 is 10.0 Å². The normalized spacial score (nSPS) is 11.8. The number of thiophene rings is 1. The van der Waals surface area contributed by atoms with Gasteiger partial charge in [0.25, 0.3) is 0 Å². The van der Waals surface area contributed by atoms with Crippen molar-refractivity contribution >= 4 is 27.1 Å². The maximum absolute atomic E-state index is 12.1. The Kier molecular flexibility index (Phi) is 4.08. The molecule has 0 aliphatic rings. The number of carbonyl (C=O) groups is 1. The summed E-state index contributed by atoms with van der Waals surface area (Å²) in [6, 6.07) is 8.49. The molecule has 0 fully saturated rings. The zero-order valence-corrected chi connectivity index (χ0v) is 13.1. The van der Waals surface area contributed by atoms with Gasteiger partial charge in [0.2, 0.25) is 10.0 Å². The van der Waals surface area contributed by atoms with Crippen molar-refractivity contribution < 1.29 is 13.2 Å². The van der Waals surface area contributed by atoms with Gasteiger partial charge in [0.1, 0.15) is 0 Å². The number of nitrogens with zero attached hydrogens (tertiary/aromatic N) is 1. The topological polar surface area (TPSA) is 54.5 Å². The number of ketones is 1. The van der Waals surface area contributed by atoms with E-state index >= 15 is 0 Å². The third-order valence-electron chi connectivity index (χ3n) is 2.94. The van der Waals surface area contributed by atoms with Crippen molar-refractivity contribution in [3.63, 3.8) is 0 Å². The molecule has 0 radical (unpaired) electrons. The van der Waals surface area contributed by atoms with E-state index in [1.807, 2.05) is 17.5 Å². The SMILES string of the molecule is CC(=O)c1cc(S(=O)(=O)N(C)C)ccc1-c1cccs1. The van der Waals surface area contributed by atoms with Crippen molar-refractivity contribution in [3.05, 3.63) is 41.3 Å². The van der Waals surface area contributed by atoms with E-state index in [1.54, 1.807) is 6.07 Å². The van der Waals surface area contributed by atoms with Gasteiger partial charge in [-0.15, -0.1) is 11.3 Å². The lowest BCUT2D eigenvalue weighted by Crippen LogP contribution is -2.22. The summed E-state index contributed by atoms with van der Waals surface area (Å²) in [6.07, 6.45) is 0. The molecule has 0 N–H and O–H groups in total. The molecule has 106 valence electrons. The van der Waals surface area contributed by atoms with Crippen LogP contribution >= 0.6 is 11.3 Å². The Morgan fingerprint density at radius 2 is 1.90 bits per heavy atom. The lowest BCUT2D eigenvalue weighted by atomic mass is 10.0. The van der Waals surface area contributed by atoms with Gasteiger partial charge in [0.05, 0.1) is 4.90 Å². The molecule has 0 atom stereocenters. The van der Waals surface area contributed by atoms with Gasteiger partial charge in [0, 0.05) is 30.1 Å². The Morgan fingerprint density at radius 1 is 1.20 bits per heavy atom. The minimum absolute atomic E-state index is 0.132. The second-order valence-electron chi connectivity index (χ2n) is 4.53. The minimum Gasteiger partial charge on any atom is -0.294 e. The molecule has 4 nitrogen and oxygen atoms in total. The molecule has 0 bridgehead atoms. The summed E-state index contributed by atoms with van der Waals surface area (Å²) in [6.45, 7) is 1.44. The van der Waals surface area contributed by atoms with Gasteiger partial charge in [-0.1, -0.05) is 12.1 Å². The van der Waals surface area contributed by atoms with Crippen molar-refractivity contribution in [1.82, 2.24) is 4.31 Å². The van der Waals surface area contributed by atoms with Gasteiger partial charge in [0.15, 0.2) is 5.78 Å². The van der Waals surface area contributed by atoms with Crippen LogP contribution in [-0.2, 0) is 10.0 Å². The Bertz CT molecular complexity index is 732. The van der Waals surface area contributed by atoms with Crippen molar-refractivity contribution in [2.75, 3.05) is 14.1 Å². The fourth-order valence-corrected chi connectivity index (χ4v) is 3.53. The van der Waals surface area contributed by atoms with Crippen LogP contribution in [-0.4, -0.2) is 32.6 Å². The van der Waals surface area contributed by atoms with Crippen LogP contribution in [0.25, 0.3) is 10.4 Å². The molecule has 0 amide bonds. The van der Waals surface area contributed by atoms with E-state index in [1.165, 1.54) is 44.5 Å². The van der Waals surface area contributed by atoms with Gasteiger partial charge in [-0.05, 0) is 30.5 Å². The van der Waals surface area contributed by atoms with E-state index in [0.29, 0.717) is 5.56 Å². The summed E-state index contributed by atoms with van der Waals surface area (Å²) in [5, 5.41) is 1.92. The molecule has 1 heterocycles. The van der Waals surface area contributed by atoms with E-state index in [2.05, 4.69) is 0 Å². The molecular weight excluding hydrogens is 294 g/mol. The fourth-order valence-electron chi connectivity index (χ4n) is 1.83. The maximum Gasteiger partial charge on any atom is 0.242 e. The number of hydrogen-bond acceptors (Lipinski definition) is 4. The summed E-state index contributed by atoms with van der Waals surface area (Å²) in [4.78, 5) is 12.9. The summed E-state index contributed by atoms with van der Waals surface area (Å²) in [5.41, 5.74) is 1.19. The Labute approximate surface area is 122 Å². The molecule has 2 rings (SSSR count). The molecule has 1 aromatic carbocycles. The van der Waals surface area contributed by atoms with Crippen molar-refractivity contribution in [2.24, 2.45) is 0 Å². The molecule has 0 aliphatic carbocycles. The van der Waals surface area contributed by atoms with E-state index in [-0.39, 0.29) is 10.7 Å². The quantitative estimate of drug-likeness (QED) is 0.816. The highest BCUT2D eigenvalue weighted by Gasteiger charge is 2.20. The first-order valence-corrected chi connectivity index (χ1v) is 8.27. The number of benzene rings is 1.